The van der Waals surface area contributed by atoms with Crippen LogP contribution in [0.1, 0.15) is 5.56 Å². The van der Waals surface area contributed by atoms with Crippen LogP contribution in [0.2, 0.25) is 0 Å². The van der Waals surface area contributed by atoms with Crippen LogP contribution in [0.4, 0.5) is 4.39 Å². The smallest absolute Gasteiger partial charge is 0.123 e. The molecule has 16 heavy (non-hydrogen) atoms. The third-order valence-electron chi connectivity index (χ3n) is 2.46. The third-order valence-corrected chi connectivity index (χ3v) is 2.46. The first-order valence-electron chi connectivity index (χ1n) is 4.98. The molecule has 0 saturated heterocycles. The van der Waals surface area contributed by atoms with E-state index in [1.807, 2.05) is 6.07 Å². The molecule has 2 rings (SSSR count). The first-order chi connectivity index (χ1) is 7.70. The van der Waals surface area contributed by atoms with E-state index in [4.69, 9.17) is 5.73 Å². The van der Waals surface area contributed by atoms with Gasteiger partial charge in [0.25, 0.3) is 0 Å². The number of nitrogens with two attached hydrogens (primary N) is 1. The van der Waals surface area contributed by atoms with Crippen molar-refractivity contribution < 1.29 is 9.50 Å². The van der Waals surface area contributed by atoms with Crippen LogP contribution in [0.15, 0.2) is 42.5 Å². The predicted molar refractivity (Wildman–Crippen MR) is 61.4 cm³/mol. The summed E-state index contributed by atoms with van der Waals surface area (Å²) in [7, 11) is 0. The van der Waals surface area contributed by atoms with Gasteiger partial charge in [-0.2, -0.15) is 0 Å². The molecule has 0 spiro atoms. The first kappa shape index (κ1) is 10.6. The first-order valence-corrected chi connectivity index (χ1v) is 4.98. The molecule has 82 valence electrons. The second-order valence-electron chi connectivity index (χ2n) is 3.56. The maximum absolute atomic E-state index is 13.0. The lowest BCUT2D eigenvalue weighted by Crippen LogP contribution is -1.96. The number of aromatic hydroxyl groups is 1. The van der Waals surface area contributed by atoms with E-state index in [1.54, 1.807) is 24.3 Å². The zero-order valence-corrected chi connectivity index (χ0v) is 8.65. The molecule has 0 fully saturated rings. The summed E-state index contributed by atoms with van der Waals surface area (Å²) in [5, 5.41) is 9.48. The van der Waals surface area contributed by atoms with Gasteiger partial charge in [-0.15, -0.1) is 0 Å². The van der Waals surface area contributed by atoms with E-state index in [0.717, 1.165) is 11.1 Å². The lowest BCUT2D eigenvalue weighted by atomic mass is 10.0. The number of benzene rings is 2. The molecule has 0 aliphatic heterocycles. The molecule has 0 heterocycles. The Morgan fingerprint density at radius 1 is 1.06 bits per heavy atom. The minimum Gasteiger partial charge on any atom is -0.508 e. The highest BCUT2D eigenvalue weighted by Gasteiger charge is 2.03. The molecular weight excluding hydrogens is 205 g/mol. The Kier molecular flexibility index (Phi) is 2.88. The van der Waals surface area contributed by atoms with Crippen LogP contribution in [0, 0.1) is 5.82 Å². The van der Waals surface area contributed by atoms with Gasteiger partial charge in [0.05, 0.1) is 0 Å². The Bertz CT molecular complexity index is 511. The summed E-state index contributed by atoms with van der Waals surface area (Å²) in [6.45, 7) is 0.259. The van der Waals surface area contributed by atoms with Gasteiger partial charge >= 0.3 is 0 Å². The van der Waals surface area contributed by atoms with Crippen LogP contribution in [0.3, 0.4) is 0 Å². The molecule has 2 nitrogen and oxygen atoms in total. The molecule has 0 aromatic heterocycles. The number of hydrogen-bond donors (Lipinski definition) is 2. The molecule has 3 N–H and O–H groups in total. The van der Waals surface area contributed by atoms with E-state index in [1.165, 1.54) is 12.1 Å². The van der Waals surface area contributed by atoms with Crippen molar-refractivity contribution in [2.75, 3.05) is 0 Å². The zero-order chi connectivity index (χ0) is 11.5. The van der Waals surface area contributed by atoms with Crippen LogP contribution < -0.4 is 5.73 Å². The second-order valence-corrected chi connectivity index (χ2v) is 3.56. The zero-order valence-electron chi connectivity index (χ0n) is 8.65. The van der Waals surface area contributed by atoms with Crippen molar-refractivity contribution in [3.05, 3.63) is 53.8 Å². The number of rotatable bonds is 2. The van der Waals surface area contributed by atoms with Crippen molar-refractivity contribution in [1.29, 1.82) is 0 Å². The fraction of sp³-hybridized carbons (Fsp3) is 0.0769. The Hall–Kier alpha value is -1.87. The highest BCUT2D eigenvalue weighted by Crippen LogP contribution is 2.25. The van der Waals surface area contributed by atoms with E-state index in [-0.39, 0.29) is 18.1 Å². The van der Waals surface area contributed by atoms with Gasteiger partial charge in [0.1, 0.15) is 11.6 Å². The minimum atomic E-state index is -0.278. The molecule has 2 aromatic rings. The molecule has 0 aliphatic rings. The highest BCUT2D eigenvalue weighted by atomic mass is 19.1. The maximum atomic E-state index is 13.0. The molecule has 0 saturated carbocycles. The van der Waals surface area contributed by atoms with Gasteiger partial charge in [0.15, 0.2) is 0 Å². The Morgan fingerprint density at radius 2 is 1.81 bits per heavy atom. The largest absolute Gasteiger partial charge is 0.508 e. The quantitative estimate of drug-likeness (QED) is 0.812. The number of phenols is 1. The van der Waals surface area contributed by atoms with E-state index in [2.05, 4.69) is 0 Å². The Labute approximate surface area is 93.2 Å². The molecule has 3 heteroatoms. The molecular formula is C13H12FNO. The average molecular weight is 217 g/mol. The number of hydrogen-bond acceptors (Lipinski definition) is 2. The minimum absolute atomic E-state index is 0.169. The van der Waals surface area contributed by atoms with Crippen molar-refractivity contribution in [2.24, 2.45) is 5.73 Å². The third kappa shape index (κ3) is 2.04. The van der Waals surface area contributed by atoms with Gasteiger partial charge in [-0.25, -0.2) is 4.39 Å². The predicted octanol–water partition coefficient (Wildman–Crippen LogP) is 2.66. The van der Waals surface area contributed by atoms with Gasteiger partial charge in [0, 0.05) is 12.1 Å². The van der Waals surface area contributed by atoms with Gasteiger partial charge in [-0.1, -0.05) is 18.2 Å². The van der Waals surface area contributed by atoms with Gasteiger partial charge in [0.2, 0.25) is 0 Å². The average Bonchev–Trinajstić information content (AvgIpc) is 2.29. The Balaban J connectivity index is 2.48. The van der Waals surface area contributed by atoms with E-state index in [9.17, 15) is 9.50 Å². The molecule has 0 atom stereocenters. The molecule has 0 aliphatic carbocycles. The summed E-state index contributed by atoms with van der Waals surface area (Å²) in [5.74, 6) is -0.109. The SMILES string of the molecule is NCc1cc(-c2cccc(F)c2)ccc1O. The monoisotopic (exact) mass is 217 g/mol. The van der Waals surface area contributed by atoms with Crippen molar-refractivity contribution in [3.8, 4) is 16.9 Å². The fourth-order valence-electron chi connectivity index (χ4n) is 1.60. The molecule has 0 bridgehead atoms. The van der Waals surface area contributed by atoms with Crippen molar-refractivity contribution in [3.63, 3.8) is 0 Å². The van der Waals surface area contributed by atoms with Crippen LogP contribution in [0.5, 0.6) is 5.75 Å². The summed E-state index contributed by atoms with van der Waals surface area (Å²) in [6.07, 6.45) is 0. The van der Waals surface area contributed by atoms with Crippen LogP contribution in [-0.4, -0.2) is 5.11 Å². The van der Waals surface area contributed by atoms with Crippen molar-refractivity contribution in [2.45, 2.75) is 6.54 Å². The van der Waals surface area contributed by atoms with E-state index < -0.39 is 0 Å². The standard InChI is InChI=1S/C13H12FNO/c14-12-3-1-2-9(7-12)10-4-5-13(16)11(6-10)8-15/h1-7,16H,8,15H2. The molecule has 2 aromatic carbocycles. The maximum Gasteiger partial charge on any atom is 0.123 e. The van der Waals surface area contributed by atoms with E-state index >= 15 is 0 Å². The van der Waals surface area contributed by atoms with Gasteiger partial charge < -0.3 is 10.8 Å². The van der Waals surface area contributed by atoms with Gasteiger partial charge in [-0.3, -0.25) is 0 Å². The van der Waals surface area contributed by atoms with Crippen LogP contribution in [0.25, 0.3) is 11.1 Å². The molecule has 0 radical (unpaired) electrons. The molecule has 0 amide bonds. The summed E-state index contributed by atoms with van der Waals surface area (Å²) in [4.78, 5) is 0. The summed E-state index contributed by atoms with van der Waals surface area (Å²) in [6, 6.07) is 11.4. The van der Waals surface area contributed by atoms with E-state index in [0.29, 0.717) is 5.56 Å². The lowest BCUT2D eigenvalue weighted by Gasteiger charge is -2.06. The van der Waals surface area contributed by atoms with Crippen LogP contribution in [-0.2, 0) is 6.54 Å². The topological polar surface area (TPSA) is 46.2 Å². The molecule has 0 unspecified atom stereocenters. The number of phenolic OH excluding ortho intramolecular Hbond substituents is 1. The summed E-state index contributed by atoms with van der Waals surface area (Å²) in [5.41, 5.74) is 7.77. The van der Waals surface area contributed by atoms with Crippen molar-refractivity contribution in [1.82, 2.24) is 0 Å². The second kappa shape index (κ2) is 4.33. The number of halogens is 1. The van der Waals surface area contributed by atoms with Gasteiger partial charge in [-0.05, 0) is 35.4 Å². The highest BCUT2D eigenvalue weighted by molar-refractivity contribution is 5.65. The Morgan fingerprint density at radius 3 is 2.50 bits per heavy atom. The van der Waals surface area contributed by atoms with Crippen molar-refractivity contribution >= 4 is 0 Å². The fourth-order valence-corrected chi connectivity index (χ4v) is 1.60. The summed E-state index contributed by atoms with van der Waals surface area (Å²) >= 11 is 0. The summed E-state index contributed by atoms with van der Waals surface area (Å²) < 4.78 is 13.0. The van der Waals surface area contributed by atoms with Crippen LogP contribution >= 0.6 is 0 Å². The lowest BCUT2D eigenvalue weighted by molar-refractivity contribution is 0.468. The normalized spacial score (nSPS) is 10.4.